The van der Waals surface area contributed by atoms with Crippen LogP contribution < -0.4 is 9.62 Å². The van der Waals surface area contributed by atoms with Gasteiger partial charge in [0.05, 0.1) is 10.6 Å². The highest BCUT2D eigenvalue weighted by Gasteiger charge is 2.34. The molecule has 0 bridgehead atoms. The summed E-state index contributed by atoms with van der Waals surface area (Å²) in [5, 5.41) is 3.09. The molecule has 7 nitrogen and oxygen atoms in total. The van der Waals surface area contributed by atoms with Crippen molar-refractivity contribution in [3.05, 3.63) is 130 Å². The number of benzene rings is 4. The van der Waals surface area contributed by atoms with Gasteiger partial charge in [-0.05, 0) is 48.4 Å². The summed E-state index contributed by atoms with van der Waals surface area (Å²) in [6, 6.07) is 28.2. The molecule has 0 fully saturated rings. The van der Waals surface area contributed by atoms with E-state index in [1.165, 1.54) is 42.3 Å². The van der Waals surface area contributed by atoms with Crippen molar-refractivity contribution in [3.63, 3.8) is 0 Å². The molecule has 1 N–H and O–H groups in total. The van der Waals surface area contributed by atoms with Crippen LogP contribution in [-0.4, -0.2) is 44.8 Å². The van der Waals surface area contributed by atoms with E-state index in [9.17, 15) is 18.0 Å². The summed E-state index contributed by atoms with van der Waals surface area (Å²) in [5.41, 5.74) is 2.76. The highest BCUT2D eigenvalue weighted by molar-refractivity contribution is 7.92. The number of halogens is 2. The third kappa shape index (κ3) is 7.70. The predicted octanol–water partition coefficient (Wildman–Crippen LogP) is 5.88. The van der Waals surface area contributed by atoms with Crippen LogP contribution in [-0.2, 0) is 32.6 Å². The van der Waals surface area contributed by atoms with Crippen LogP contribution in [0.1, 0.15) is 16.7 Å². The third-order valence-corrected chi connectivity index (χ3v) is 8.92. The highest BCUT2D eigenvalue weighted by atomic mass is 35.5. The zero-order valence-corrected chi connectivity index (χ0v) is 25.5. The lowest BCUT2D eigenvalue weighted by Gasteiger charge is -2.33. The Kier molecular flexibility index (Phi) is 10.3. The molecule has 4 aromatic carbocycles. The molecule has 0 aliphatic heterocycles. The zero-order valence-electron chi connectivity index (χ0n) is 23.2. The van der Waals surface area contributed by atoms with E-state index in [2.05, 4.69) is 5.32 Å². The van der Waals surface area contributed by atoms with E-state index in [0.29, 0.717) is 0 Å². The van der Waals surface area contributed by atoms with Crippen LogP contribution >= 0.6 is 23.2 Å². The third-order valence-electron chi connectivity index (χ3n) is 6.70. The number of likely N-dealkylation sites (N-methyl/N-ethyl adjacent to an activating group) is 1. The van der Waals surface area contributed by atoms with E-state index < -0.39 is 28.5 Å². The first kappa shape index (κ1) is 31.1. The molecule has 0 aliphatic carbocycles. The molecule has 0 heterocycles. The number of hydrogen-bond acceptors (Lipinski definition) is 4. The highest BCUT2D eigenvalue weighted by Crippen LogP contribution is 2.30. The quantitative estimate of drug-likeness (QED) is 0.226. The molecule has 0 aliphatic rings. The standard InChI is InChI=1S/C32H31Cl2N3O4S/c1-23-10-9-13-25(16-23)21-36(30(32(39)35-2)17-24-11-5-3-6-12-24)31(38)22-37(28-19-26(33)18-27(34)20-28)42(40,41)29-14-7-4-8-15-29/h3-16,18-20,30H,17,21-22H2,1-2H3,(H,35,39)/t30-/m0/s1. The molecular weight excluding hydrogens is 593 g/mol. The average molecular weight is 625 g/mol. The van der Waals surface area contributed by atoms with Crippen LogP contribution in [0.3, 0.4) is 0 Å². The zero-order chi connectivity index (χ0) is 30.3. The van der Waals surface area contributed by atoms with Gasteiger partial charge in [0.2, 0.25) is 11.8 Å². The molecule has 0 saturated heterocycles. The van der Waals surface area contributed by atoms with Crippen LogP contribution in [0.25, 0.3) is 0 Å². The number of aryl methyl sites for hydroxylation is 1. The fourth-order valence-corrected chi connectivity index (χ4v) is 6.59. The van der Waals surface area contributed by atoms with Crippen molar-refractivity contribution in [2.45, 2.75) is 30.8 Å². The second kappa shape index (κ2) is 13.9. The number of nitrogens with zero attached hydrogens (tertiary/aromatic N) is 2. The van der Waals surface area contributed by atoms with Gasteiger partial charge in [0.25, 0.3) is 10.0 Å². The van der Waals surface area contributed by atoms with E-state index >= 15 is 0 Å². The predicted molar refractivity (Wildman–Crippen MR) is 167 cm³/mol. The molecule has 0 aromatic heterocycles. The maximum Gasteiger partial charge on any atom is 0.264 e. The Morgan fingerprint density at radius 3 is 2.00 bits per heavy atom. The van der Waals surface area contributed by atoms with Gasteiger partial charge >= 0.3 is 0 Å². The average Bonchev–Trinajstić information content (AvgIpc) is 2.97. The topological polar surface area (TPSA) is 86.8 Å². The molecule has 0 radical (unpaired) electrons. The van der Waals surface area contributed by atoms with Gasteiger partial charge in [-0.2, -0.15) is 0 Å². The number of nitrogens with one attached hydrogen (secondary N) is 1. The number of carbonyl (C=O) groups excluding carboxylic acids is 2. The molecule has 1 atom stereocenters. The molecule has 4 aromatic rings. The molecular formula is C32H31Cl2N3O4S. The minimum absolute atomic E-state index is 0.00808. The monoisotopic (exact) mass is 623 g/mol. The molecule has 0 saturated carbocycles. The first-order valence-electron chi connectivity index (χ1n) is 13.2. The number of sulfonamides is 1. The summed E-state index contributed by atoms with van der Waals surface area (Å²) in [4.78, 5) is 29.0. The number of hydrogen-bond donors (Lipinski definition) is 1. The van der Waals surface area contributed by atoms with E-state index in [4.69, 9.17) is 23.2 Å². The van der Waals surface area contributed by atoms with Gasteiger partial charge < -0.3 is 10.2 Å². The Balaban J connectivity index is 1.81. The van der Waals surface area contributed by atoms with Crippen molar-refractivity contribution in [2.75, 3.05) is 17.9 Å². The maximum absolute atomic E-state index is 14.3. The fraction of sp³-hybridized carbons (Fsp3) is 0.188. The SMILES string of the molecule is CNC(=O)[C@H](Cc1ccccc1)N(Cc1cccc(C)c1)C(=O)CN(c1cc(Cl)cc(Cl)c1)S(=O)(=O)c1ccccc1. The summed E-state index contributed by atoms with van der Waals surface area (Å²) in [6.07, 6.45) is 0.229. The number of carbonyl (C=O) groups is 2. The molecule has 218 valence electrons. The molecule has 4 rings (SSSR count). The van der Waals surface area contributed by atoms with Crippen LogP contribution in [0.5, 0.6) is 0 Å². The van der Waals surface area contributed by atoms with Gasteiger partial charge in [-0.1, -0.05) is 102 Å². The Bertz CT molecular complexity index is 1630. The van der Waals surface area contributed by atoms with Crippen molar-refractivity contribution in [3.8, 4) is 0 Å². The van der Waals surface area contributed by atoms with Gasteiger partial charge in [-0.15, -0.1) is 0 Å². The Morgan fingerprint density at radius 2 is 1.40 bits per heavy atom. The van der Waals surface area contributed by atoms with Crippen molar-refractivity contribution in [1.82, 2.24) is 10.2 Å². The minimum Gasteiger partial charge on any atom is -0.357 e. The van der Waals surface area contributed by atoms with Crippen LogP contribution in [0, 0.1) is 6.92 Å². The van der Waals surface area contributed by atoms with Gasteiger partial charge in [0.1, 0.15) is 12.6 Å². The van der Waals surface area contributed by atoms with E-state index in [1.54, 1.807) is 18.2 Å². The summed E-state index contributed by atoms with van der Waals surface area (Å²) in [5.74, 6) is -0.945. The van der Waals surface area contributed by atoms with Crippen LogP contribution in [0.2, 0.25) is 10.0 Å². The second-order valence-corrected chi connectivity index (χ2v) is 12.5. The minimum atomic E-state index is -4.24. The number of rotatable bonds is 11. The normalized spacial score (nSPS) is 11.9. The molecule has 0 unspecified atom stereocenters. The lowest BCUT2D eigenvalue weighted by molar-refractivity contribution is -0.139. The van der Waals surface area contributed by atoms with E-state index in [-0.39, 0.29) is 39.5 Å². The summed E-state index contributed by atoms with van der Waals surface area (Å²) in [6.45, 7) is 1.43. The summed E-state index contributed by atoms with van der Waals surface area (Å²) in [7, 11) is -2.73. The molecule has 10 heteroatoms. The van der Waals surface area contributed by atoms with Crippen molar-refractivity contribution >= 4 is 50.7 Å². The first-order valence-corrected chi connectivity index (χ1v) is 15.4. The van der Waals surface area contributed by atoms with E-state index in [0.717, 1.165) is 21.0 Å². The number of anilines is 1. The van der Waals surface area contributed by atoms with Gasteiger partial charge in [0, 0.05) is 30.1 Å². The lowest BCUT2D eigenvalue weighted by Crippen LogP contribution is -2.53. The fourth-order valence-electron chi connectivity index (χ4n) is 4.66. The van der Waals surface area contributed by atoms with Crippen molar-refractivity contribution < 1.29 is 18.0 Å². The van der Waals surface area contributed by atoms with E-state index in [1.807, 2.05) is 61.5 Å². The Hall–Kier alpha value is -3.85. The molecule has 42 heavy (non-hydrogen) atoms. The summed E-state index contributed by atoms with van der Waals surface area (Å²) >= 11 is 12.5. The smallest absolute Gasteiger partial charge is 0.264 e. The van der Waals surface area contributed by atoms with Gasteiger partial charge in [-0.25, -0.2) is 8.42 Å². The van der Waals surface area contributed by atoms with Crippen LogP contribution in [0.15, 0.2) is 108 Å². The molecule has 0 spiro atoms. The molecule has 2 amide bonds. The van der Waals surface area contributed by atoms with Gasteiger partial charge in [0.15, 0.2) is 0 Å². The van der Waals surface area contributed by atoms with Crippen molar-refractivity contribution in [1.29, 1.82) is 0 Å². The van der Waals surface area contributed by atoms with Crippen molar-refractivity contribution in [2.24, 2.45) is 0 Å². The second-order valence-electron chi connectivity index (χ2n) is 9.78. The Labute approximate surface area is 256 Å². The lowest BCUT2D eigenvalue weighted by atomic mass is 10.0. The van der Waals surface area contributed by atoms with Crippen LogP contribution in [0.4, 0.5) is 5.69 Å². The summed E-state index contributed by atoms with van der Waals surface area (Å²) < 4.78 is 28.9. The van der Waals surface area contributed by atoms with Gasteiger partial charge in [-0.3, -0.25) is 13.9 Å². The Morgan fingerprint density at radius 1 is 0.810 bits per heavy atom. The number of amides is 2. The largest absolute Gasteiger partial charge is 0.357 e. The first-order chi connectivity index (χ1) is 20.1. The maximum atomic E-state index is 14.3.